The summed E-state index contributed by atoms with van der Waals surface area (Å²) in [5.41, 5.74) is 1.73. The molecule has 0 spiro atoms. The molecule has 1 aliphatic rings. The lowest BCUT2D eigenvalue weighted by Gasteiger charge is -2.28. The van der Waals surface area contributed by atoms with Crippen LogP contribution in [-0.4, -0.2) is 21.8 Å². The quantitative estimate of drug-likeness (QED) is 0.197. The van der Waals surface area contributed by atoms with Crippen LogP contribution in [0.5, 0.6) is 17.2 Å². The van der Waals surface area contributed by atoms with Gasteiger partial charge in [-0.2, -0.15) is 0 Å². The summed E-state index contributed by atoms with van der Waals surface area (Å²) in [6.45, 7) is 3.22. The number of hydrogen-bond acceptors (Lipinski definition) is 8. The lowest BCUT2D eigenvalue weighted by molar-refractivity contribution is -0.135. The monoisotopic (exact) mass is 471 g/mol. The van der Waals surface area contributed by atoms with Gasteiger partial charge in [-0.05, 0) is 49.2 Å². The molecule has 0 amide bonds. The highest BCUT2D eigenvalue weighted by Crippen LogP contribution is 2.49. The Balaban J connectivity index is 1.62. The van der Waals surface area contributed by atoms with E-state index in [1.54, 1.807) is 37.4 Å². The van der Waals surface area contributed by atoms with E-state index in [-0.39, 0.29) is 34.5 Å². The van der Waals surface area contributed by atoms with Crippen LogP contribution in [0.3, 0.4) is 0 Å². The van der Waals surface area contributed by atoms with Gasteiger partial charge in [0.2, 0.25) is 0 Å². The van der Waals surface area contributed by atoms with Gasteiger partial charge < -0.3 is 19.0 Å². The molecule has 176 valence electrons. The van der Waals surface area contributed by atoms with Crippen LogP contribution in [0.25, 0.3) is 11.0 Å². The second-order valence-corrected chi connectivity index (χ2v) is 8.38. The lowest BCUT2D eigenvalue weighted by Crippen LogP contribution is -2.23. The zero-order valence-corrected chi connectivity index (χ0v) is 19.0. The summed E-state index contributed by atoms with van der Waals surface area (Å²) >= 11 is 0. The molecule has 8 nitrogen and oxygen atoms in total. The molecule has 35 heavy (non-hydrogen) atoms. The number of ether oxygens (including phenoxy) is 2. The number of esters is 1. The molecule has 0 saturated heterocycles. The first-order valence-corrected chi connectivity index (χ1v) is 11.0. The van der Waals surface area contributed by atoms with Crippen molar-refractivity contribution in [1.29, 1.82) is 0 Å². The fraction of sp³-hybridized carbons (Fsp3) is 0.185. The topological polar surface area (TPSA) is 116 Å². The van der Waals surface area contributed by atoms with Gasteiger partial charge in [-0.15, -0.1) is 0 Å². The van der Waals surface area contributed by atoms with Crippen LogP contribution in [0.2, 0.25) is 0 Å². The second kappa shape index (κ2) is 8.72. The zero-order valence-electron chi connectivity index (χ0n) is 19.0. The van der Waals surface area contributed by atoms with Gasteiger partial charge in [0.05, 0.1) is 17.5 Å². The van der Waals surface area contributed by atoms with Crippen molar-refractivity contribution in [3.63, 3.8) is 0 Å². The van der Waals surface area contributed by atoms with Gasteiger partial charge in [-0.25, -0.2) is 4.79 Å². The third-order valence-electron chi connectivity index (χ3n) is 6.03. The minimum Gasteiger partial charge on any atom is -0.506 e. The van der Waals surface area contributed by atoms with Crippen LogP contribution >= 0.6 is 0 Å². The number of hydrogen-bond donors (Lipinski definition) is 1. The van der Waals surface area contributed by atoms with Gasteiger partial charge >= 0.3 is 11.6 Å². The van der Waals surface area contributed by atoms with Crippen LogP contribution in [0.1, 0.15) is 52.0 Å². The summed E-state index contributed by atoms with van der Waals surface area (Å²) in [5, 5.41) is 11.1. The van der Waals surface area contributed by atoms with Gasteiger partial charge in [0.25, 0.3) is 0 Å². The van der Waals surface area contributed by atoms with Crippen molar-refractivity contribution >= 4 is 22.7 Å². The summed E-state index contributed by atoms with van der Waals surface area (Å²) in [7, 11) is 0. The fourth-order valence-electron chi connectivity index (χ4n) is 4.46. The number of aromatic nitrogens is 1. The fourth-order valence-corrected chi connectivity index (χ4v) is 4.46. The van der Waals surface area contributed by atoms with E-state index >= 15 is 0 Å². The standard InChI is InChI=1S/C27H21NO7/c1-14-11-20(30)34-26-22(14)25(32)23(15(2)29)27-24(26)19(12-21(31)35-27)16-6-8-18(9-7-16)33-13-17-5-3-4-10-28-17/h3-11,19,32H,12-13H2,1-2H3/t19-/m0/s1. The largest absolute Gasteiger partial charge is 0.506 e. The Hall–Kier alpha value is -4.46. The smallest absolute Gasteiger partial charge is 0.336 e. The molecule has 0 aliphatic carbocycles. The number of nitrogens with zero attached hydrogens (tertiary/aromatic N) is 1. The van der Waals surface area contributed by atoms with Crippen molar-refractivity contribution in [1.82, 2.24) is 4.98 Å². The summed E-state index contributed by atoms with van der Waals surface area (Å²) in [6, 6.07) is 14.0. The number of benzene rings is 2. The van der Waals surface area contributed by atoms with E-state index in [2.05, 4.69) is 4.98 Å². The number of ketones is 1. The maximum Gasteiger partial charge on any atom is 0.336 e. The average Bonchev–Trinajstić information content (AvgIpc) is 2.82. The minimum absolute atomic E-state index is 0.0317. The van der Waals surface area contributed by atoms with Crippen molar-refractivity contribution in [2.24, 2.45) is 0 Å². The molecule has 1 N–H and O–H groups in total. The number of carbonyl (C=O) groups is 2. The van der Waals surface area contributed by atoms with Crippen LogP contribution in [0, 0.1) is 6.92 Å². The third-order valence-corrected chi connectivity index (χ3v) is 6.03. The number of phenols is 1. The number of aryl methyl sites for hydroxylation is 1. The Morgan fingerprint density at radius 2 is 1.94 bits per heavy atom. The zero-order chi connectivity index (χ0) is 24.7. The van der Waals surface area contributed by atoms with Gasteiger partial charge in [-0.3, -0.25) is 14.6 Å². The third kappa shape index (κ3) is 4.03. The molecule has 1 aliphatic heterocycles. The summed E-state index contributed by atoms with van der Waals surface area (Å²) in [5.74, 6) is -1.44. The summed E-state index contributed by atoms with van der Waals surface area (Å²) in [6.07, 6.45) is 1.66. The number of aromatic hydroxyl groups is 1. The van der Waals surface area contributed by atoms with E-state index in [0.29, 0.717) is 23.5 Å². The first-order valence-electron chi connectivity index (χ1n) is 11.0. The van der Waals surface area contributed by atoms with Gasteiger partial charge in [-0.1, -0.05) is 18.2 Å². The van der Waals surface area contributed by atoms with Crippen LogP contribution in [0.15, 0.2) is 63.9 Å². The normalized spacial score (nSPS) is 14.9. The SMILES string of the molecule is CC(=O)c1c2c(c3oc(=O)cc(C)c3c1O)[C@H](c1ccc(OCc3ccccn3)cc1)CC(=O)O2. The molecular formula is C27H21NO7. The Kier molecular flexibility index (Phi) is 5.56. The van der Waals surface area contributed by atoms with Crippen molar-refractivity contribution in [3.8, 4) is 17.2 Å². The Morgan fingerprint density at radius 3 is 2.63 bits per heavy atom. The molecule has 2 aromatic heterocycles. The van der Waals surface area contributed by atoms with Crippen molar-refractivity contribution < 1.29 is 28.6 Å². The Bertz CT molecular complexity index is 1520. The highest BCUT2D eigenvalue weighted by atomic mass is 16.5. The highest BCUT2D eigenvalue weighted by molar-refractivity contribution is 6.09. The molecule has 4 aromatic rings. The number of Topliss-reactive ketones (excluding diaryl/α,β-unsaturated/α-hetero) is 1. The molecule has 0 radical (unpaired) electrons. The van der Waals surface area contributed by atoms with E-state index < -0.39 is 23.3 Å². The number of pyridine rings is 1. The lowest BCUT2D eigenvalue weighted by atomic mass is 9.83. The van der Waals surface area contributed by atoms with Gasteiger partial charge in [0, 0.05) is 23.7 Å². The Morgan fingerprint density at radius 1 is 1.17 bits per heavy atom. The predicted octanol–water partition coefficient (Wildman–Crippen LogP) is 4.42. The van der Waals surface area contributed by atoms with Gasteiger partial charge in [0.15, 0.2) is 11.5 Å². The van der Waals surface area contributed by atoms with Crippen LogP contribution < -0.4 is 15.1 Å². The van der Waals surface area contributed by atoms with Crippen molar-refractivity contribution in [2.75, 3.05) is 0 Å². The molecule has 0 fully saturated rings. The molecular weight excluding hydrogens is 450 g/mol. The number of fused-ring (bicyclic) bond motifs is 3. The van der Waals surface area contributed by atoms with Gasteiger partial charge in [0.1, 0.15) is 29.3 Å². The second-order valence-electron chi connectivity index (χ2n) is 8.38. The van der Waals surface area contributed by atoms with Crippen molar-refractivity contribution in [2.45, 2.75) is 32.8 Å². The van der Waals surface area contributed by atoms with E-state index in [9.17, 15) is 19.5 Å². The summed E-state index contributed by atoms with van der Waals surface area (Å²) in [4.78, 5) is 41.5. The molecule has 3 heterocycles. The molecule has 2 aromatic carbocycles. The molecule has 1 atom stereocenters. The first kappa shape index (κ1) is 22.3. The maximum atomic E-state index is 12.6. The van der Waals surface area contributed by atoms with E-state index in [4.69, 9.17) is 13.9 Å². The average molecular weight is 471 g/mol. The van der Waals surface area contributed by atoms with Crippen LogP contribution in [-0.2, 0) is 11.4 Å². The first-order chi connectivity index (χ1) is 16.8. The van der Waals surface area contributed by atoms with E-state index in [1.807, 2.05) is 18.2 Å². The molecule has 5 rings (SSSR count). The Labute approximate surface area is 199 Å². The maximum absolute atomic E-state index is 12.6. The van der Waals surface area contributed by atoms with E-state index in [1.165, 1.54) is 13.0 Å². The summed E-state index contributed by atoms with van der Waals surface area (Å²) < 4.78 is 16.7. The predicted molar refractivity (Wildman–Crippen MR) is 126 cm³/mol. The number of rotatable bonds is 5. The highest BCUT2D eigenvalue weighted by Gasteiger charge is 2.37. The molecule has 0 bridgehead atoms. The van der Waals surface area contributed by atoms with E-state index in [0.717, 1.165) is 11.3 Å². The molecule has 0 unspecified atom stereocenters. The minimum atomic E-state index is -0.610. The van der Waals surface area contributed by atoms with Crippen LogP contribution in [0.4, 0.5) is 0 Å². The molecule has 8 heteroatoms. The molecule has 0 saturated carbocycles. The number of carbonyl (C=O) groups excluding carboxylic acids is 2. The number of phenolic OH excluding ortho intramolecular Hbond substituents is 1. The van der Waals surface area contributed by atoms with Crippen molar-refractivity contribution in [3.05, 3.63) is 93.1 Å².